The summed E-state index contributed by atoms with van der Waals surface area (Å²) in [6, 6.07) is 0. The Bertz CT molecular complexity index is 532. The van der Waals surface area contributed by atoms with Crippen molar-refractivity contribution < 1.29 is 4.79 Å². The molecule has 0 aromatic carbocycles. The molecule has 0 atom stereocenters. The SMILES string of the molecule is CC(=O)c1csc(N(C)Cc2scnc2C)n1. The van der Waals surface area contributed by atoms with Crippen LogP contribution >= 0.6 is 22.7 Å². The summed E-state index contributed by atoms with van der Waals surface area (Å²) in [7, 11) is 1.97. The normalized spacial score (nSPS) is 10.5. The van der Waals surface area contributed by atoms with Gasteiger partial charge in [-0.3, -0.25) is 4.79 Å². The lowest BCUT2D eigenvalue weighted by Gasteiger charge is -2.14. The van der Waals surface area contributed by atoms with Gasteiger partial charge in [-0.05, 0) is 6.92 Å². The number of ketones is 1. The van der Waals surface area contributed by atoms with Gasteiger partial charge in [0, 0.05) is 24.2 Å². The maximum atomic E-state index is 11.2. The molecule has 0 aliphatic rings. The first kappa shape index (κ1) is 12.2. The molecule has 6 heteroatoms. The standard InChI is InChI=1S/C11H13N3OS2/c1-7-10(17-6-12-7)4-14(3)11-13-9(5-16-11)8(2)15/h5-6H,4H2,1-3H3. The van der Waals surface area contributed by atoms with Gasteiger partial charge in [0.25, 0.3) is 0 Å². The summed E-state index contributed by atoms with van der Waals surface area (Å²) in [6.45, 7) is 4.32. The fraction of sp³-hybridized carbons (Fsp3) is 0.364. The lowest BCUT2D eigenvalue weighted by Crippen LogP contribution is -2.16. The number of hydrogen-bond donors (Lipinski definition) is 0. The molecule has 0 aliphatic heterocycles. The maximum Gasteiger partial charge on any atom is 0.186 e. The molecule has 0 N–H and O–H groups in total. The van der Waals surface area contributed by atoms with E-state index in [2.05, 4.69) is 9.97 Å². The molecule has 2 aromatic heterocycles. The zero-order valence-electron chi connectivity index (χ0n) is 9.93. The molecule has 90 valence electrons. The van der Waals surface area contributed by atoms with Gasteiger partial charge in [0.2, 0.25) is 0 Å². The lowest BCUT2D eigenvalue weighted by atomic mass is 10.3. The molecule has 0 saturated carbocycles. The number of anilines is 1. The second-order valence-corrected chi connectivity index (χ2v) is 5.56. The number of rotatable bonds is 4. The Hall–Kier alpha value is -1.27. The average Bonchev–Trinajstić information content (AvgIpc) is 2.88. The molecule has 0 spiro atoms. The van der Waals surface area contributed by atoms with E-state index < -0.39 is 0 Å². The predicted molar refractivity (Wildman–Crippen MR) is 71.1 cm³/mol. The van der Waals surface area contributed by atoms with Crippen LogP contribution in [0.3, 0.4) is 0 Å². The van der Waals surface area contributed by atoms with Gasteiger partial charge >= 0.3 is 0 Å². The van der Waals surface area contributed by atoms with E-state index in [4.69, 9.17) is 0 Å². The van der Waals surface area contributed by atoms with Crippen LogP contribution in [0.4, 0.5) is 5.13 Å². The zero-order chi connectivity index (χ0) is 12.4. The molecule has 0 fully saturated rings. The van der Waals surface area contributed by atoms with Gasteiger partial charge in [-0.1, -0.05) is 0 Å². The van der Waals surface area contributed by atoms with Crippen LogP contribution in [-0.4, -0.2) is 22.8 Å². The maximum absolute atomic E-state index is 11.2. The largest absolute Gasteiger partial charge is 0.346 e. The Morgan fingerprint density at radius 1 is 1.47 bits per heavy atom. The van der Waals surface area contributed by atoms with E-state index in [0.717, 1.165) is 17.4 Å². The molecule has 0 aliphatic carbocycles. The number of aryl methyl sites for hydroxylation is 1. The monoisotopic (exact) mass is 267 g/mol. The molecule has 0 saturated heterocycles. The minimum atomic E-state index is 0.00914. The molecule has 17 heavy (non-hydrogen) atoms. The predicted octanol–water partition coefficient (Wildman–Crippen LogP) is 2.75. The Morgan fingerprint density at radius 3 is 2.76 bits per heavy atom. The summed E-state index contributed by atoms with van der Waals surface area (Å²) in [5.74, 6) is 0.00914. The van der Waals surface area contributed by atoms with Crippen molar-refractivity contribution in [2.75, 3.05) is 11.9 Å². The van der Waals surface area contributed by atoms with Crippen molar-refractivity contribution in [1.82, 2.24) is 9.97 Å². The molecule has 0 unspecified atom stereocenters. The van der Waals surface area contributed by atoms with Crippen molar-refractivity contribution in [2.45, 2.75) is 20.4 Å². The van der Waals surface area contributed by atoms with Crippen molar-refractivity contribution in [3.05, 3.63) is 27.2 Å². The number of hydrogen-bond acceptors (Lipinski definition) is 6. The molecule has 0 radical (unpaired) electrons. The van der Waals surface area contributed by atoms with E-state index in [0.29, 0.717) is 5.69 Å². The quantitative estimate of drug-likeness (QED) is 0.799. The highest BCUT2D eigenvalue weighted by Gasteiger charge is 2.11. The van der Waals surface area contributed by atoms with Gasteiger partial charge in [0.1, 0.15) is 5.69 Å². The molecule has 4 nitrogen and oxygen atoms in total. The molecular formula is C11H13N3OS2. The zero-order valence-corrected chi connectivity index (χ0v) is 11.6. The Morgan fingerprint density at radius 2 is 2.24 bits per heavy atom. The smallest absolute Gasteiger partial charge is 0.186 e. The molecule has 2 aromatic rings. The first-order valence-corrected chi connectivity index (χ1v) is 6.90. The van der Waals surface area contributed by atoms with E-state index in [9.17, 15) is 4.79 Å². The van der Waals surface area contributed by atoms with Crippen LogP contribution in [0.2, 0.25) is 0 Å². The highest BCUT2D eigenvalue weighted by Crippen LogP contribution is 2.23. The van der Waals surface area contributed by atoms with Crippen molar-refractivity contribution in [1.29, 1.82) is 0 Å². The van der Waals surface area contributed by atoms with Crippen molar-refractivity contribution >= 4 is 33.6 Å². The summed E-state index contributed by atoms with van der Waals surface area (Å²) in [4.78, 5) is 23.0. The van der Waals surface area contributed by atoms with Gasteiger partial charge in [0.05, 0.1) is 17.7 Å². The third kappa shape index (κ3) is 2.70. The highest BCUT2D eigenvalue weighted by molar-refractivity contribution is 7.14. The lowest BCUT2D eigenvalue weighted by molar-refractivity contribution is 0.101. The third-order valence-corrected chi connectivity index (χ3v) is 4.28. The summed E-state index contributed by atoms with van der Waals surface area (Å²) < 4.78 is 0. The molecular weight excluding hydrogens is 254 g/mol. The van der Waals surface area contributed by atoms with Gasteiger partial charge in [0.15, 0.2) is 10.9 Å². The number of aromatic nitrogens is 2. The fourth-order valence-electron chi connectivity index (χ4n) is 1.36. The van der Waals surface area contributed by atoms with Gasteiger partial charge < -0.3 is 4.90 Å². The van der Waals surface area contributed by atoms with E-state index in [1.54, 1.807) is 16.7 Å². The summed E-state index contributed by atoms with van der Waals surface area (Å²) in [6.07, 6.45) is 0. The topological polar surface area (TPSA) is 46.1 Å². The average molecular weight is 267 g/mol. The molecule has 0 bridgehead atoms. The van der Waals surface area contributed by atoms with Crippen molar-refractivity contribution in [2.24, 2.45) is 0 Å². The third-order valence-electron chi connectivity index (χ3n) is 2.40. The van der Waals surface area contributed by atoms with E-state index >= 15 is 0 Å². The number of Topliss-reactive ketones (excluding diaryl/α,β-unsaturated/α-hetero) is 1. The van der Waals surface area contributed by atoms with Crippen LogP contribution < -0.4 is 4.90 Å². The first-order valence-electron chi connectivity index (χ1n) is 5.14. The Kier molecular flexibility index (Phi) is 3.54. The van der Waals surface area contributed by atoms with Crippen LogP contribution in [0, 0.1) is 6.92 Å². The minimum Gasteiger partial charge on any atom is -0.346 e. The Balaban J connectivity index is 2.12. The number of carbonyl (C=O) groups excluding carboxylic acids is 1. The number of nitrogens with zero attached hydrogens (tertiary/aromatic N) is 3. The highest BCUT2D eigenvalue weighted by atomic mass is 32.1. The van der Waals surface area contributed by atoms with Gasteiger partial charge in [-0.25, -0.2) is 9.97 Å². The van der Waals surface area contributed by atoms with Crippen LogP contribution in [0.25, 0.3) is 0 Å². The van der Waals surface area contributed by atoms with Gasteiger partial charge in [-0.15, -0.1) is 22.7 Å². The summed E-state index contributed by atoms with van der Waals surface area (Å²) >= 11 is 3.13. The second-order valence-electron chi connectivity index (χ2n) is 3.79. The number of carbonyl (C=O) groups is 1. The molecule has 2 rings (SSSR count). The first-order chi connectivity index (χ1) is 8.08. The van der Waals surface area contributed by atoms with Crippen LogP contribution in [0.5, 0.6) is 0 Å². The molecule has 2 heterocycles. The van der Waals surface area contributed by atoms with Crippen molar-refractivity contribution in [3.63, 3.8) is 0 Å². The van der Waals surface area contributed by atoms with Crippen LogP contribution in [0.15, 0.2) is 10.9 Å². The van der Waals surface area contributed by atoms with Crippen LogP contribution in [0.1, 0.15) is 28.0 Å². The van der Waals surface area contributed by atoms with Gasteiger partial charge in [-0.2, -0.15) is 0 Å². The van der Waals surface area contributed by atoms with E-state index in [-0.39, 0.29) is 5.78 Å². The second kappa shape index (κ2) is 4.93. The summed E-state index contributed by atoms with van der Waals surface area (Å²) in [5.41, 5.74) is 3.45. The van der Waals surface area contributed by atoms with E-state index in [1.165, 1.54) is 23.1 Å². The van der Waals surface area contributed by atoms with E-state index in [1.807, 2.05) is 24.4 Å². The molecule has 0 amide bonds. The summed E-state index contributed by atoms with van der Waals surface area (Å²) in [5, 5.41) is 2.66. The minimum absolute atomic E-state index is 0.00914. The number of thiazole rings is 2. The van der Waals surface area contributed by atoms with Crippen LogP contribution in [-0.2, 0) is 6.54 Å². The Labute approximate surface area is 108 Å². The van der Waals surface area contributed by atoms with Crippen molar-refractivity contribution in [3.8, 4) is 0 Å². The fourth-order valence-corrected chi connectivity index (χ4v) is 3.02.